The van der Waals surface area contributed by atoms with Gasteiger partial charge in [0, 0.05) is 19.0 Å². The van der Waals surface area contributed by atoms with Gasteiger partial charge in [0.05, 0.1) is 31.9 Å². The number of nitrogens with zero attached hydrogens (tertiary/aromatic N) is 1. The highest BCUT2D eigenvalue weighted by molar-refractivity contribution is 7.92. The first kappa shape index (κ1) is 20.6. The number of hydrogen-bond acceptors (Lipinski definition) is 5. The fraction of sp³-hybridized carbons (Fsp3) is 0.316. The van der Waals surface area contributed by atoms with E-state index in [-0.39, 0.29) is 18.9 Å². The second-order valence-corrected chi connectivity index (χ2v) is 7.95. The van der Waals surface area contributed by atoms with Crippen molar-refractivity contribution in [2.75, 3.05) is 36.6 Å². The summed E-state index contributed by atoms with van der Waals surface area (Å²) < 4.78 is 35.9. The number of amides is 1. The molecular formula is C19H24N2O5S. The van der Waals surface area contributed by atoms with Crippen LogP contribution < -0.4 is 19.1 Å². The number of carbonyl (C=O) groups is 1. The summed E-state index contributed by atoms with van der Waals surface area (Å²) in [5, 5.41) is 2.77. The van der Waals surface area contributed by atoms with E-state index in [9.17, 15) is 13.2 Å². The molecule has 0 saturated carbocycles. The van der Waals surface area contributed by atoms with Gasteiger partial charge < -0.3 is 14.8 Å². The number of hydrogen-bond donors (Lipinski definition) is 1. The van der Waals surface area contributed by atoms with Crippen LogP contribution in [0.15, 0.2) is 42.5 Å². The Labute approximate surface area is 160 Å². The van der Waals surface area contributed by atoms with Gasteiger partial charge in [-0.05, 0) is 36.8 Å². The fourth-order valence-electron chi connectivity index (χ4n) is 2.59. The van der Waals surface area contributed by atoms with Gasteiger partial charge in [0.1, 0.15) is 11.5 Å². The summed E-state index contributed by atoms with van der Waals surface area (Å²) in [4.78, 5) is 12.4. The molecule has 0 aliphatic carbocycles. The van der Waals surface area contributed by atoms with E-state index >= 15 is 0 Å². The molecule has 1 amide bonds. The normalized spacial score (nSPS) is 11.0. The lowest BCUT2D eigenvalue weighted by atomic mass is 10.2. The highest BCUT2D eigenvalue weighted by atomic mass is 32.2. The third-order valence-electron chi connectivity index (χ3n) is 3.91. The Morgan fingerprint density at radius 2 is 1.85 bits per heavy atom. The van der Waals surface area contributed by atoms with Crippen molar-refractivity contribution >= 4 is 27.3 Å². The standard InChI is InChI=1S/C19H24N2O5S/c1-14-8-9-18(26-3)17(12-14)20-19(22)10-11-21(27(4,23)24)15-6-5-7-16(13-15)25-2/h5-9,12-13H,10-11H2,1-4H3,(H,20,22). The number of benzene rings is 2. The molecule has 0 heterocycles. The summed E-state index contributed by atoms with van der Waals surface area (Å²) in [6.07, 6.45) is 1.09. The first-order valence-corrected chi connectivity index (χ1v) is 10.2. The predicted molar refractivity (Wildman–Crippen MR) is 106 cm³/mol. The van der Waals surface area contributed by atoms with E-state index in [1.54, 1.807) is 36.4 Å². The quantitative estimate of drug-likeness (QED) is 0.747. The largest absolute Gasteiger partial charge is 0.497 e. The molecule has 0 bridgehead atoms. The van der Waals surface area contributed by atoms with Crippen molar-refractivity contribution in [3.8, 4) is 11.5 Å². The van der Waals surface area contributed by atoms with E-state index in [0.29, 0.717) is 22.9 Å². The molecule has 0 atom stereocenters. The summed E-state index contributed by atoms with van der Waals surface area (Å²) in [7, 11) is -0.529. The van der Waals surface area contributed by atoms with Gasteiger partial charge in [-0.2, -0.15) is 0 Å². The number of ether oxygens (including phenoxy) is 2. The zero-order chi connectivity index (χ0) is 20.0. The summed E-state index contributed by atoms with van der Waals surface area (Å²) in [5.41, 5.74) is 1.97. The summed E-state index contributed by atoms with van der Waals surface area (Å²) in [5.74, 6) is 0.771. The maximum absolute atomic E-state index is 12.4. The maximum Gasteiger partial charge on any atom is 0.232 e. The molecule has 146 valence electrons. The fourth-order valence-corrected chi connectivity index (χ4v) is 3.51. The Morgan fingerprint density at radius 3 is 2.48 bits per heavy atom. The molecule has 2 aromatic rings. The Bertz CT molecular complexity index is 912. The Hall–Kier alpha value is -2.74. The maximum atomic E-state index is 12.4. The van der Waals surface area contributed by atoms with Crippen LogP contribution in [0.4, 0.5) is 11.4 Å². The van der Waals surface area contributed by atoms with Crippen LogP contribution in [0, 0.1) is 6.92 Å². The van der Waals surface area contributed by atoms with Gasteiger partial charge in [-0.1, -0.05) is 12.1 Å². The van der Waals surface area contributed by atoms with Crippen LogP contribution >= 0.6 is 0 Å². The molecule has 27 heavy (non-hydrogen) atoms. The molecule has 2 aromatic carbocycles. The minimum absolute atomic E-state index is 0.00592. The average molecular weight is 392 g/mol. The predicted octanol–water partition coefficient (Wildman–Crippen LogP) is 2.81. The Morgan fingerprint density at radius 1 is 1.11 bits per heavy atom. The van der Waals surface area contributed by atoms with Gasteiger partial charge in [-0.15, -0.1) is 0 Å². The molecule has 2 rings (SSSR count). The van der Waals surface area contributed by atoms with E-state index < -0.39 is 10.0 Å². The van der Waals surface area contributed by atoms with E-state index in [4.69, 9.17) is 9.47 Å². The smallest absolute Gasteiger partial charge is 0.232 e. The van der Waals surface area contributed by atoms with Gasteiger partial charge in [0.2, 0.25) is 15.9 Å². The van der Waals surface area contributed by atoms with Crippen molar-refractivity contribution < 1.29 is 22.7 Å². The van der Waals surface area contributed by atoms with Crippen molar-refractivity contribution in [3.63, 3.8) is 0 Å². The second-order valence-electron chi connectivity index (χ2n) is 6.04. The highest BCUT2D eigenvalue weighted by Crippen LogP contribution is 2.26. The molecule has 0 aromatic heterocycles. The van der Waals surface area contributed by atoms with Gasteiger partial charge in [0.25, 0.3) is 0 Å². The lowest BCUT2D eigenvalue weighted by Crippen LogP contribution is -2.33. The van der Waals surface area contributed by atoms with Crippen LogP contribution in [-0.2, 0) is 14.8 Å². The number of anilines is 2. The number of nitrogens with one attached hydrogen (secondary N) is 1. The Kier molecular flexibility index (Phi) is 6.68. The van der Waals surface area contributed by atoms with Crippen LogP contribution in [-0.4, -0.2) is 41.3 Å². The summed E-state index contributed by atoms with van der Waals surface area (Å²) >= 11 is 0. The number of carbonyl (C=O) groups excluding carboxylic acids is 1. The lowest BCUT2D eigenvalue weighted by molar-refractivity contribution is -0.116. The molecule has 0 aliphatic heterocycles. The van der Waals surface area contributed by atoms with Gasteiger partial charge in [-0.25, -0.2) is 8.42 Å². The van der Waals surface area contributed by atoms with E-state index in [0.717, 1.165) is 11.8 Å². The van der Waals surface area contributed by atoms with Gasteiger partial charge >= 0.3 is 0 Å². The zero-order valence-electron chi connectivity index (χ0n) is 15.9. The molecule has 1 N–H and O–H groups in total. The van der Waals surface area contributed by atoms with Gasteiger partial charge in [0.15, 0.2) is 0 Å². The van der Waals surface area contributed by atoms with Crippen LogP contribution in [0.25, 0.3) is 0 Å². The van der Waals surface area contributed by atoms with Crippen molar-refractivity contribution in [1.29, 1.82) is 0 Å². The van der Waals surface area contributed by atoms with Crippen LogP contribution in [0.5, 0.6) is 11.5 Å². The van der Waals surface area contributed by atoms with Crippen molar-refractivity contribution in [3.05, 3.63) is 48.0 Å². The molecular weight excluding hydrogens is 368 g/mol. The van der Waals surface area contributed by atoms with E-state index in [1.807, 2.05) is 13.0 Å². The first-order valence-electron chi connectivity index (χ1n) is 8.31. The molecule has 7 nitrogen and oxygen atoms in total. The molecule has 0 spiro atoms. The van der Waals surface area contributed by atoms with E-state index in [2.05, 4.69) is 5.32 Å². The number of aryl methyl sites for hydroxylation is 1. The highest BCUT2D eigenvalue weighted by Gasteiger charge is 2.19. The lowest BCUT2D eigenvalue weighted by Gasteiger charge is -2.22. The summed E-state index contributed by atoms with van der Waals surface area (Å²) in [6, 6.07) is 12.1. The van der Waals surface area contributed by atoms with Crippen molar-refractivity contribution in [2.45, 2.75) is 13.3 Å². The monoisotopic (exact) mass is 392 g/mol. The minimum atomic E-state index is -3.56. The molecule has 0 aliphatic rings. The third kappa shape index (κ3) is 5.62. The van der Waals surface area contributed by atoms with Crippen molar-refractivity contribution in [1.82, 2.24) is 0 Å². The molecule has 0 radical (unpaired) electrons. The Balaban J connectivity index is 2.13. The number of rotatable bonds is 8. The first-order chi connectivity index (χ1) is 12.7. The zero-order valence-corrected chi connectivity index (χ0v) is 16.7. The SMILES string of the molecule is COc1cccc(N(CCC(=O)Nc2cc(C)ccc2OC)S(C)(=O)=O)c1. The average Bonchev–Trinajstić information content (AvgIpc) is 2.61. The minimum Gasteiger partial charge on any atom is -0.497 e. The second kappa shape index (κ2) is 8.77. The van der Waals surface area contributed by atoms with E-state index in [1.165, 1.54) is 18.5 Å². The molecule has 0 saturated heterocycles. The number of sulfonamides is 1. The topological polar surface area (TPSA) is 84.9 Å². The van der Waals surface area contributed by atoms with Gasteiger partial charge in [-0.3, -0.25) is 9.10 Å². The van der Waals surface area contributed by atoms with Crippen molar-refractivity contribution in [2.24, 2.45) is 0 Å². The van der Waals surface area contributed by atoms with Crippen LogP contribution in [0.1, 0.15) is 12.0 Å². The number of methoxy groups -OCH3 is 2. The third-order valence-corrected chi connectivity index (χ3v) is 5.11. The molecule has 8 heteroatoms. The molecule has 0 fully saturated rings. The molecule has 0 unspecified atom stereocenters. The van der Waals surface area contributed by atoms with Crippen LogP contribution in [0.2, 0.25) is 0 Å². The van der Waals surface area contributed by atoms with Crippen LogP contribution in [0.3, 0.4) is 0 Å². The summed E-state index contributed by atoms with van der Waals surface area (Å²) in [6.45, 7) is 1.91.